The minimum atomic E-state index is -1.17. The molecule has 12 heteroatoms. The standard InChI is InChI=1S/C35H35BrN2O9/c1-4-44-34(41)47-29-20-31(38-21-23(18-19-36)32(39)37-33(38)40)46-30(29)22-45-35(24-8-6-5-7-9-24,25-10-14-27(42-2)15-11-25)26-12-16-28(43-3)17-13-26/h5-19,21,29-31H,4,20,22H2,1-3H3,(H,37,39,40)/t29?,30-,31-/m0/s1. The van der Waals surface area contributed by atoms with Crippen LogP contribution in [-0.4, -0.2) is 55.3 Å². The molecule has 47 heavy (non-hydrogen) atoms. The fourth-order valence-corrected chi connectivity index (χ4v) is 5.89. The number of methoxy groups -OCH3 is 2. The Balaban J connectivity index is 1.58. The van der Waals surface area contributed by atoms with Crippen LogP contribution in [0.4, 0.5) is 4.79 Å². The van der Waals surface area contributed by atoms with Crippen LogP contribution in [0.5, 0.6) is 11.5 Å². The van der Waals surface area contributed by atoms with Crippen molar-refractivity contribution in [2.75, 3.05) is 27.4 Å². The minimum absolute atomic E-state index is 0.0697. The van der Waals surface area contributed by atoms with Crippen LogP contribution < -0.4 is 20.7 Å². The van der Waals surface area contributed by atoms with E-state index in [2.05, 4.69) is 20.9 Å². The van der Waals surface area contributed by atoms with E-state index in [1.807, 2.05) is 78.9 Å². The number of H-pyrrole nitrogens is 1. The van der Waals surface area contributed by atoms with Crippen molar-refractivity contribution in [1.82, 2.24) is 9.55 Å². The fourth-order valence-electron chi connectivity index (χ4n) is 5.60. The highest BCUT2D eigenvalue weighted by atomic mass is 79.9. The Morgan fingerprint density at radius 2 is 1.55 bits per heavy atom. The highest BCUT2D eigenvalue weighted by molar-refractivity contribution is 9.11. The Morgan fingerprint density at radius 3 is 2.11 bits per heavy atom. The zero-order chi connectivity index (χ0) is 33.4. The number of nitrogens with one attached hydrogen (secondary N) is 1. The first-order chi connectivity index (χ1) is 22.8. The maximum absolute atomic E-state index is 12.9. The van der Waals surface area contributed by atoms with Gasteiger partial charge in [-0.25, -0.2) is 9.59 Å². The molecular formula is C35H35BrN2O9. The summed E-state index contributed by atoms with van der Waals surface area (Å²) in [5, 5.41) is 0. The molecule has 4 aromatic rings. The number of carbonyl (C=O) groups excluding carboxylic acids is 1. The Morgan fingerprint density at radius 1 is 0.957 bits per heavy atom. The molecule has 11 nitrogen and oxygen atoms in total. The van der Waals surface area contributed by atoms with Gasteiger partial charge in [-0.05, 0) is 58.9 Å². The molecule has 2 heterocycles. The number of halogens is 1. The van der Waals surface area contributed by atoms with Gasteiger partial charge in [0.15, 0.2) is 0 Å². The number of aromatic amines is 1. The minimum Gasteiger partial charge on any atom is -0.497 e. The van der Waals surface area contributed by atoms with Gasteiger partial charge in [-0.2, -0.15) is 0 Å². The zero-order valence-corrected chi connectivity index (χ0v) is 27.7. The highest BCUT2D eigenvalue weighted by Crippen LogP contribution is 2.43. The smallest absolute Gasteiger partial charge is 0.497 e. The van der Waals surface area contributed by atoms with Gasteiger partial charge < -0.3 is 28.4 Å². The first-order valence-corrected chi connectivity index (χ1v) is 15.8. The second-order valence-corrected chi connectivity index (χ2v) is 11.1. The molecule has 3 aromatic carbocycles. The van der Waals surface area contributed by atoms with E-state index in [4.69, 9.17) is 28.4 Å². The van der Waals surface area contributed by atoms with Gasteiger partial charge in [-0.3, -0.25) is 14.3 Å². The van der Waals surface area contributed by atoms with E-state index in [1.165, 1.54) is 21.8 Å². The fraction of sp³-hybridized carbons (Fsp3) is 0.286. The molecule has 0 bridgehead atoms. The summed E-state index contributed by atoms with van der Waals surface area (Å²) >= 11 is 3.17. The third-order valence-corrected chi connectivity index (χ3v) is 8.14. The number of carbonyl (C=O) groups is 1. The second kappa shape index (κ2) is 15.3. The van der Waals surface area contributed by atoms with E-state index in [0.29, 0.717) is 11.5 Å². The van der Waals surface area contributed by atoms with E-state index in [-0.39, 0.29) is 25.2 Å². The van der Waals surface area contributed by atoms with Gasteiger partial charge >= 0.3 is 11.8 Å². The topological polar surface area (TPSA) is 127 Å². The van der Waals surface area contributed by atoms with Crippen LogP contribution >= 0.6 is 15.9 Å². The summed E-state index contributed by atoms with van der Waals surface area (Å²) < 4.78 is 36.3. The van der Waals surface area contributed by atoms with E-state index < -0.39 is 41.4 Å². The van der Waals surface area contributed by atoms with Crippen molar-refractivity contribution in [3.8, 4) is 11.5 Å². The molecule has 1 aromatic heterocycles. The largest absolute Gasteiger partial charge is 0.508 e. The number of rotatable bonds is 12. The molecule has 1 saturated heterocycles. The van der Waals surface area contributed by atoms with Crippen LogP contribution in [-0.2, 0) is 24.5 Å². The summed E-state index contributed by atoms with van der Waals surface area (Å²) in [5.74, 6) is 1.35. The molecular weight excluding hydrogens is 672 g/mol. The number of benzene rings is 3. The molecule has 1 aliphatic rings. The van der Waals surface area contributed by atoms with Crippen LogP contribution in [0.1, 0.15) is 41.8 Å². The van der Waals surface area contributed by atoms with E-state index in [9.17, 15) is 14.4 Å². The van der Waals surface area contributed by atoms with Crippen LogP contribution in [0.15, 0.2) is 99.6 Å². The molecule has 3 atom stereocenters. The van der Waals surface area contributed by atoms with Gasteiger partial charge in [0.25, 0.3) is 5.56 Å². The van der Waals surface area contributed by atoms with Crippen molar-refractivity contribution in [3.05, 3.63) is 133 Å². The van der Waals surface area contributed by atoms with Crippen molar-refractivity contribution in [3.63, 3.8) is 0 Å². The predicted molar refractivity (Wildman–Crippen MR) is 178 cm³/mol. The summed E-state index contributed by atoms with van der Waals surface area (Å²) in [7, 11) is 3.20. The number of hydrogen-bond acceptors (Lipinski definition) is 9. The Hall–Kier alpha value is -4.65. The molecule has 1 aliphatic heterocycles. The number of aromatic nitrogens is 2. The zero-order valence-electron chi connectivity index (χ0n) is 26.1. The number of nitrogens with zero attached hydrogens (tertiary/aromatic N) is 1. The summed E-state index contributed by atoms with van der Waals surface area (Å²) in [6, 6.07) is 24.9. The van der Waals surface area contributed by atoms with Crippen molar-refractivity contribution in [1.29, 1.82) is 0 Å². The van der Waals surface area contributed by atoms with Crippen LogP contribution in [0.2, 0.25) is 0 Å². The molecule has 0 amide bonds. The summed E-state index contributed by atoms with van der Waals surface area (Å²) in [6.07, 6.45) is -0.441. The monoisotopic (exact) mass is 706 g/mol. The Labute approximate surface area is 279 Å². The lowest BCUT2D eigenvalue weighted by molar-refractivity contribution is -0.0995. The quantitative estimate of drug-likeness (QED) is 0.145. The lowest BCUT2D eigenvalue weighted by atomic mass is 9.80. The summed E-state index contributed by atoms with van der Waals surface area (Å²) in [5.41, 5.74) is 0.276. The van der Waals surface area contributed by atoms with E-state index in [0.717, 1.165) is 16.7 Å². The van der Waals surface area contributed by atoms with Gasteiger partial charge in [0.1, 0.15) is 35.5 Å². The summed E-state index contributed by atoms with van der Waals surface area (Å²) in [4.78, 5) is 41.6. The average Bonchev–Trinajstić information content (AvgIpc) is 3.49. The molecule has 1 N–H and O–H groups in total. The van der Waals surface area contributed by atoms with Crippen molar-refractivity contribution >= 4 is 28.2 Å². The van der Waals surface area contributed by atoms with Gasteiger partial charge in [0, 0.05) is 12.6 Å². The molecule has 0 saturated carbocycles. The van der Waals surface area contributed by atoms with Crippen molar-refractivity contribution in [2.24, 2.45) is 0 Å². The maximum Gasteiger partial charge on any atom is 0.508 e. The maximum atomic E-state index is 12.9. The van der Waals surface area contributed by atoms with E-state index in [1.54, 1.807) is 21.1 Å². The third-order valence-electron chi connectivity index (χ3n) is 7.88. The lowest BCUT2D eigenvalue weighted by Crippen LogP contribution is -2.39. The van der Waals surface area contributed by atoms with Crippen LogP contribution in [0.25, 0.3) is 6.08 Å². The summed E-state index contributed by atoms with van der Waals surface area (Å²) in [6.45, 7) is 1.72. The lowest BCUT2D eigenvalue weighted by Gasteiger charge is -2.37. The number of hydrogen-bond donors (Lipinski definition) is 1. The van der Waals surface area contributed by atoms with Gasteiger partial charge in [0.05, 0.1) is 33.0 Å². The van der Waals surface area contributed by atoms with Crippen LogP contribution in [0, 0.1) is 0 Å². The normalized spacial score (nSPS) is 17.8. The molecule has 0 aliphatic carbocycles. The third kappa shape index (κ3) is 7.35. The predicted octanol–water partition coefficient (Wildman–Crippen LogP) is 5.76. The molecule has 246 valence electrons. The SMILES string of the molecule is CCOC(=O)OC1C[C@@H](n2cc(C=CBr)c(=O)[nH]c2=O)O[C@H]1COC(c1ccccc1)(c1ccc(OC)cc1)c1ccc(OC)cc1. The molecule has 5 rings (SSSR count). The Kier molecular flexibility index (Phi) is 11.0. The van der Waals surface area contributed by atoms with Crippen molar-refractivity contribution in [2.45, 2.75) is 37.4 Å². The molecule has 0 spiro atoms. The van der Waals surface area contributed by atoms with Gasteiger partial charge in [-0.15, -0.1) is 0 Å². The average molecular weight is 708 g/mol. The molecule has 1 unspecified atom stereocenters. The van der Waals surface area contributed by atoms with Gasteiger partial charge in [0.2, 0.25) is 0 Å². The number of ether oxygens (including phenoxy) is 6. The first kappa shape index (κ1) is 33.7. The van der Waals surface area contributed by atoms with Crippen LogP contribution in [0.3, 0.4) is 0 Å². The molecule has 1 fully saturated rings. The first-order valence-electron chi connectivity index (χ1n) is 14.9. The van der Waals surface area contributed by atoms with E-state index >= 15 is 0 Å². The highest BCUT2D eigenvalue weighted by Gasteiger charge is 2.44. The molecule has 0 radical (unpaired) electrons. The Bertz CT molecular complexity index is 1740. The van der Waals surface area contributed by atoms with Gasteiger partial charge in [-0.1, -0.05) is 70.5 Å². The second-order valence-electron chi connectivity index (χ2n) is 10.6. The van der Waals surface area contributed by atoms with Crippen molar-refractivity contribution < 1.29 is 33.2 Å².